The molecule has 0 radical (unpaired) electrons. The number of benzene rings is 2. The predicted molar refractivity (Wildman–Crippen MR) is 164 cm³/mol. The molecule has 0 saturated carbocycles. The lowest BCUT2D eigenvalue weighted by Crippen LogP contribution is -2.55. The number of carbonyl (C=O) groups excluding carboxylic acids is 2. The molecule has 0 bridgehead atoms. The smallest absolute Gasteiger partial charge is 0.338 e. The van der Waals surface area contributed by atoms with Crippen molar-refractivity contribution < 1.29 is 42.1 Å². The summed E-state index contributed by atoms with van der Waals surface area (Å²) in [5.41, 5.74) is 1.10. The molecule has 3 aliphatic heterocycles. The predicted octanol–water partition coefficient (Wildman–Crippen LogP) is 1.33. The molecular formula is C32H43N3O9S. The molecule has 45 heavy (non-hydrogen) atoms. The Morgan fingerprint density at radius 1 is 1.04 bits per heavy atom. The second-order valence-electron chi connectivity index (χ2n) is 12.1. The lowest BCUT2D eigenvalue weighted by atomic mass is 10.0. The van der Waals surface area contributed by atoms with E-state index in [1.54, 1.807) is 0 Å². The van der Waals surface area contributed by atoms with Crippen molar-refractivity contribution in [2.75, 3.05) is 46.0 Å². The number of carbonyl (C=O) groups is 2. The molecule has 13 heteroatoms. The zero-order chi connectivity index (χ0) is 32.0. The van der Waals surface area contributed by atoms with Gasteiger partial charge in [0.25, 0.3) is 5.91 Å². The van der Waals surface area contributed by atoms with E-state index in [1.807, 2.05) is 44.2 Å². The van der Waals surface area contributed by atoms with Gasteiger partial charge in [0.05, 0.1) is 48.3 Å². The van der Waals surface area contributed by atoms with Crippen molar-refractivity contribution in [1.82, 2.24) is 14.9 Å². The fourth-order valence-corrected chi connectivity index (χ4v) is 7.46. The number of esters is 1. The number of sulfonamides is 1. The minimum atomic E-state index is -4.09. The minimum absolute atomic E-state index is 0.00743. The summed E-state index contributed by atoms with van der Waals surface area (Å²) in [5.74, 6) is -0.997. The van der Waals surface area contributed by atoms with Crippen LogP contribution in [0.3, 0.4) is 0 Å². The third-order valence-corrected chi connectivity index (χ3v) is 10.1. The lowest BCUT2D eigenvalue weighted by molar-refractivity contribution is -0.135. The van der Waals surface area contributed by atoms with Crippen LogP contribution in [-0.4, -0.2) is 106 Å². The van der Waals surface area contributed by atoms with Gasteiger partial charge >= 0.3 is 5.97 Å². The molecule has 3 saturated heterocycles. The first-order valence-electron chi connectivity index (χ1n) is 15.5. The van der Waals surface area contributed by atoms with Crippen LogP contribution in [0.1, 0.15) is 36.2 Å². The highest BCUT2D eigenvalue weighted by Gasteiger charge is 2.44. The van der Waals surface area contributed by atoms with Crippen molar-refractivity contribution in [2.45, 2.75) is 62.2 Å². The molecule has 0 aliphatic carbocycles. The fourth-order valence-electron chi connectivity index (χ4n) is 5.84. The topological polar surface area (TPSA) is 153 Å². The zero-order valence-corrected chi connectivity index (χ0v) is 26.5. The van der Waals surface area contributed by atoms with Gasteiger partial charge in [-0.05, 0) is 48.6 Å². The lowest BCUT2D eigenvalue weighted by Gasteiger charge is -2.32. The molecule has 0 aromatic heterocycles. The van der Waals surface area contributed by atoms with Crippen molar-refractivity contribution in [1.29, 1.82) is 0 Å². The first-order chi connectivity index (χ1) is 21.6. The summed E-state index contributed by atoms with van der Waals surface area (Å²) in [6, 6.07) is 14.2. The van der Waals surface area contributed by atoms with Gasteiger partial charge in [-0.25, -0.2) is 13.2 Å². The number of fused-ring (bicyclic) bond motifs is 1. The number of nitrogens with one attached hydrogen (secondary N) is 2. The van der Waals surface area contributed by atoms with Crippen molar-refractivity contribution in [2.24, 2.45) is 11.8 Å². The van der Waals surface area contributed by atoms with Crippen LogP contribution in [0.15, 0.2) is 59.5 Å². The number of aliphatic hydroxyl groups is 1. The first-order valence-corrected chi connectivity index (χ1v) is 16.9. The highest BCUT2D eigenvalue weighted by atomic mass is 32.2. The molecule has 12 nitrogen and oxygen atoms in total. The molecule has 1 amide bonds. The minimum Gasteiger partial charge on any atom is -0.456 e. The van der Waals surface area contributed by atoms with E-state index in [2.05, 4.69) is 10.6 Å². The highest BCUT2D eigenvalue weighted by Crippen LogP contribution is 2.33. The van der Waals surface area contributed by atoms with Crippen LogP contribution in [0, 0.1) is 11.8 Å². The zero-order valence-electron chi connectivity index (χ0n) is 25.7. The molecule has 246 valence electrons. The molecule has 3 N–H and O–H groups in total. The monoisotopic (exact) mass is 645 g/mol. The van der Waals surface area contributed by atoms with Gasteiger partial charge < -0.3 is 34.7 Å². The average Bonchev–Trinajstić information content (AvgIpc) is 3.66. The molecule has 0 spiro atoms. The number of nitrogens with zero attached hydrogens (tertiary/aromatic N) is 1. The Kier molecular flexibility index (Phi) is 11.2. The number of ether oxygens (including phenoxy) is 4. The Balaban J connectivity index is 1.29. The number of aliphatic hydroxyl groups excluding tert-OH is 1. The van der Waals surface area contributed by atoms with Gasteiger partial charge in [0.2, 0.25) is 10.0 Å². The number of rotatable bonds is 13. The van der Waals surface area contributed by atoms with E-state index in [-0.39, 0.29) is 54.2 Å². The van der Waals surface area contributed by atoms with Crippen LogP contribution in [0.5, 0.6) is 0 Å². The van der Waals surface area contributed by atoms with E-state index in [9.17, 15) is 23.1 Å². The summed E-state index contributed by atoms with van der Waals surface area (Å²) in [7, 11) is -4.09. The second kappa shape index (κ2) is 15.1. The molecule has 3 fully saturated rings. The van der Waals surface area contributed by atoms with Crippen LogP contribution < -0.4 is 10.6 Å². The Labute approximate surface area is 264 Å². The molecule has 2 aromatic rings. The van der Waals surface area contributed by atoms with Crippen LogP contribution in [0.4, 0.5) is 0 Å². The van der Waals surface area contributed by atoms with Crippen molar-refractivity contribution >= 4 is 21.9 Å². The van der Waals surface area contributed by atoms with Crippen LogP contribution in [0.2, 0.25) is 0 Å². The standard InChI is InChI=1S/C32H43N3O9S/c1-21(2)18-35(19-27(36)26(16-22-6-4-3-5-7-22)34-30(37)28-17-33-13-15-41-28)45(39,40)24-10-8-23(9-11-24)31(38)44-29-20-43-32-25(29)12-14-42-32/h3-11,21,25-29,32-33,36H,12-20H2,1-2H3,(H,34,37)/t25-,26-,27+,28?,29-,32+/m0/s1. The molecule has 6 atom stereocenters. The van der Waals surface area contributed by atoms with Gasteiger partial charge in [-0.3, -0.25) is 4.79 Å². The maximum Gasteiger partial charge on any atom is 0.338 e. The van der Waals surface area contributed by atoms with Crippen molar-refractivity contribution in [3.8, 4) is 0 Å². The Hall–Kier alpha value is -2.91. The van der Waals surface area contributed by atoms with E-state index >= 15 is 0 Å². The number of hydrogen-bond donors (Lipinski definition) is 3. The second-order valence-corrected chi connectivity index (χ2v) is 14.1. The number of amides is 1. The maximum absolute atomic E-state index is 13.9. The fraction of sp³-hybridized carbons (Fsp3) is 0.562. The summed E-state index contributed by atoms with van der Waals surface area (Å²) in [5, 5.41) is 17.5. The number of morpholine rings is 1. The molecular weight excluding hydrogens is 602 g/mol. The largest absolute Gasteiger partial charge is 0.456 e. The van der Waals surface area contributed by atoms with Crippen LogP contribution >= 0.6 is 0 Å². The van der Waals surface area contributed by atoms with E-state index < -0.39 is 40.3 Å². The summed E-state index contributed by atoms with van der Waals surface area (Å²) in [6.45, 7) is 5.87. The van der Waals surface area contributed by atoms with E-state index in [1.165, 1.54) is 28.6 Å². The Morgan fingerprint density at radius 2 is 1.80 bits per heavy atom. The Morgan fingerprint density at radius 3 is 2.49 bits per heavy atom. The quantitative estimate of drug-likeness (QED) is 0.272. The van der Waals surface area contributed by atoms with Gasteiger partial charge in [0, 0.05) is 26.2 Å². The molecule has 5 rings (SSSR count). The SMILES string of the molecule is CC(C)CN(C[C@@H](O)[C@H](Cc1ccccc1)NC(=O)C1CNCCO1)S(=O)(=O)c1ccc(C(=O)O[C@H]2CO[C@H]3OCC[C@H]32)cc1. The maximum atomic E-state index is 13.9. The van der Waals surface area contributed by atoms with E-state index in [4.69, 9.17) is 18.9 Å². The van der Waals surface area contributed by atoms with Crippen LogP contribution in [0.25, 0.3) is 0 Å². The molecule has 3 aliphatic rings. The molecule has 3 heterocycles. The molecule has 1 unspecified atom stereocenters. The van der Waals surface area contributed by atoms with Crippen molar-refractivity contribution in [3.63, 3.8) is 0 Å². The average molecular weight is 646 g/mol. The van der Waals surface area contributed by atoms with E-state index in [0.29, 0.717) is 32.7 Å². The Bertz CT molecular complexity index is 1380. The van der Waals surface area contributed by atoms with Gasteiger partial charge in [-0.1, -0.05) is 44.2 Å². The third kappa shape index (κ3) is 8.47. The van der Waals surface area contributed by atoms with Gasteiger partial charge in [-0.2, -0.15) is 4.31 Å². The summed E-state index contributed by atoms with van der Waals surface area (Å²) in [4.78, 5) is 25.9. The summed E-state index contributed by atoms with van der Waals surface area (Å²) >= 11 is 0. The van der Waals surface area contributed by atoms with Gasteiger partial charge in [-0.15, -0.1) is 0 Å². The first kappa shape index (κ1) is 33.5. The van der Waals surface area contributed by atoms with Gasteiger partial charge in [0.15, 0.2) is 6.29 Å². The molecule has 2 aromatic carbocycles. The summed E-state index contributed by atoms with van der Waals surface area (Å²) in [6.07, 6.45) is -1.67. The third-order valence-electron chi connectivity index (χ3n) is 8.24. The van der Waals surface area contributed by atoms with Gasteiger partial charge in [0.1, 0.15) is 12.2 Å². The summed E-state index contributed by atoms with van der Waals surface area (Å²) < 4.78 is 51.3. The van der Waals surface area contributed by atoms with Crippen LogP contribution in [-0.2, 0) is 40.2 Å². The number of hydrogen-bond acceptors (Lipinski definition) is 10. The highest BCUT2D eigenvalue weighted by molar-refractivity contribution is 7.89. The van der Waals surface area contributed by atoms with Crippen molar-refractivity contribution in [3.05, 3.63) is 65.7 Å². The normalized spacial score (nSPS) is 24.7. The van der Waals surface area contributed by atoms with E-state index in [0.717, 1.165) is 12.0 Å².